The van der Waals surface area contributed by atoms with Gasteiger partial charge in [-0.05, 0) is 38.0 Å². The van der Waals surface area contributed by atoms with Crippen molar-refractivity contribution in [3.63, 3.8) is 0 Å². The number of aliphatic hydroxyl groups is 1. The van der Waals surface area contributed by atoms with E-state index in [1.54, 1.807) is 0 Å². The predicted octanol–water partition coefficient (Wildman–Crippen LogP) is 4.41. The Bertz CT molecular complexity index is 132. The van der Waals surface area contributed by atoms with Gasteiger partial charge in [0.1, 0.15) is 0 Å². The summed E-state index contributed by atoms with van der Waals surface area (Å²) in [5, 5.41) is 8.94. The first-order valence-corrected chi connectivity index (χ1v) is 6.21. The molecule has 1 atom stereocenters. The third-order valence-electron chi connectivity index (χ3n) is 1.51. The van der Waals surface area contributed by atoms with Crippen LogP contribution in [0.5, 0.6) is 0 Å². The SMILES string of the molecule is CC(C)/C=C/CCC[C@H](C)O.CC(C)C. The number of hydrogen-bond acceptors (Lipinski definition) is 1. The summed E-state index contributed by atoms with van der Waals surface area (Å²) < 4.78 is 0. The quantitative estimate of drug-likeness (QED) is 0.531. The zero-order valence-electron chi connectivity index (χ0n) is 11.5. The van der Waals surface area contributed by atoms with Crippen LogP contribution in [0.3, 0.4) is 0 Å². The van der Waals surface area contributed by atoms with Crippen LogP contribution in [-0.4, -0.2) is 11.2 Å². The van der Waals surface area contributed by atoms with E-state index < -0.39 is 0 Å². The molecule has 0 bridgehead atoms. The maximum Gasteiger partial charge on any atom is 0.0512 e. The second-order valence-electron chi connectivity index (χ2n) is 5.18. The van der Waals surface area contributed by atoms with Crippen LogP contribution in [0.4, 0.5) is 0 Å². The van der Waals surface area contributed by atoms with Gasteiger partial charge in [0.05, 0.1) is 6.10 Å². The van der Waals surface area contributed by atoms with Crippen molar-refractivity contribution in [2.24, 2.45) is 11.8 Å². The molecular formula is C14H30O. The number of unbranched alkanes of at least 4 members (excludes halogenated alkanes) is 1. The first kappa shape index (κ1) is 17.1. The molecule has 0 spiro atoms. The molecule has 0 heterocycles. The fourth-order valence-electron chi connectivity index (χ4n) is 0.900. The fourth-order valence-corrected chi connectivity index (χ4v) is 0.900. The molecule has 0 aliphatic heterocycles. The van der Waals surface area contributed by atoms with Crippen LogP contribution in [0.1, 0.15) is 60.8 Å². The number of hydrogen-bond donors (Lipinski definition) is 1. The summed E-state index contributed by atoms with van der Waals surface area (Å²) in [7, 11) is 0. The van der Waals surface area contributed by atoms with Gasteiger partial charge in [0, 0.05) is 0 Å². The summed E-state index contributed by atoms with van der Waals surface area (Å²) in [5.74, 6) is 1.49. The summed E-state index contributed by atoms with van der Waals surface area (Å²) in [6.45, 7) is 12.7. The van der Waals surface area contributed by atoms with E-state index in [1.165, 1.54) is 0 Å². The smallest absolute Gasteiger partial charge is 0.0512 e. The molecule has 0 aromatic rings. The van der Waals surface area contributed by atoms with Crippen molar-refractivity contribution < 1.29 is 5.11 Å². The van der Waals surface area contributed by atoms with Crippen LogP contribution in [0.15, 0.2) is 12.2 Å². The molecule has 0 saturated carbocycles. The van der Waals surface area contributed by atoms with E-state index in [2.05, 4.69) is 46.8 Å². The highest BCUT2D eigenvalue weighted by molar-refractivity contribution is 4.84. The molecule has 92 valence electrons. The number of allylic oxidation sites excluding steroid dienone is 2. The van der Waals surface area contributed by atoms with Crippen molar-refractivity contribution in [3.8, 4) is 0 Å². The summed E-state index contributed by atoms with van der Waals surface area (Å²) >= 11 is 0. The van der Waals surface area contributed by atoms with Gasteiger partial charge in [-0.2, -0.15) is 0 Å². The molecule has 0 unspecified atom stereocenters. The zero-order chi connectivity index (χ0) is 12.3. The van der Waals surface area contributed by atoms with Crippen LogP contribution < -0.4 is 0 Å². The lowest BCUT2D eigenvalue weighted by Gasteiger charge is -2.00. The Morgan fingerprint density at radius 1 is 1.00 bits per heavy atom. The summed E-state index contributed by atoms with van der Waals surface area (Å²) in [4.78, 5) is 0. The Kier molecular flexibility index (Phi) is 13.4. The molecular weight excluding hydrogens is 184 g/mol. The van der Waals surface area contributed by atoms with Gasteiger partial charge in [0.15, 0.2) is 0 Å². The Morgan fingerprint density at radius 3 is 1.80 bits per heavy atom. The molecule has 0 radical (unpaired) electrons. The second-order valence-corrected chi connectivity index (χ2v) is 5.18. The molecule has 1 heteroatoms. The van der Waals surface area contributed by atoms with Crippen LogP contribution in [0.25, 0.3) is 0 Å². The van der Waals surface area contributed by atoms with E-state index in [9.17, 15) is 0 Å². The average Bonchev–Trinajstić information content (AvgIpc) is 2.01. The van der Waals surface area contributed by atoms with E-state index in [0.29, 0.717) is 5.92 Å². The molecule has 0 aliphatic rings. The monoisotopic (exact) mass is 214 g/mol. The standard InChI is InChI=1S/C10H20O.C4H10/c1-9(2)7-5-4-6-8-10(3)11;1-4(2)3/h5,7,9-11H,4,6,8H2,1-3H3;4H,1-3H3/b7-5+;/t10-;/m0./s1. The second kappa shape index (κ2) is 11.8. The van der Waals surface area contributed by atoms with Crippen LogP contribution in [-0.2, 0) is 0 Å². The van der Waals surface area contributed by atoms with Gasteiger partial charge in [0.2, 0.25) is 0 Å². The minimum Gasteiger partial charge on any atom is -0.393 e. The van der Waals surface area contributed by atoms with Crippen molar-refractivity contribution >= 4 is 0 Å². The molecule has 0 aliphatic carbocycles. The number of aliphatic hydroxyl groups excluding tert-OH is 1. The summed E-state index contributed by atoms with van der Waals surface area (Å²) in [5.41, 5.74) is 0. The van der Waals surface area contributed by atoms with Crippen molar-refractivity contribution in [1.29, 1.82) is 0 Å². The largest absolute Gasteiger partial charge is 0.393 e. The first-order valence-electron chi connectivity index (χ1n) is 6.21. The highest BCUT2D eigenvalue weighted by Gasteiger charge is 1.92. The van der Waals surface area contributed by atoms with E-state index in [-0.39, 0.29) is 6.10 Å². The molecule has 0 amide bonds. The summed E-state index contributed by atoms with van der Waals surface area (Å²) in [6, 6.07) is 0. The van der Waals surface area contributed by atoms with Gasteiger partial charge in [0.25, 0.3) is 0 Å². The van der Waals surface area contributed by atoms with Crippen LogP contribution >= 0.6 is 0 Å². The summed E-state index contributed by atoms with van der Waals surface area (Å²) in [6.07, 6.45) is 7.39. The topological polar surface area (TPSA) is 20.2 Å². The lowest BCUT2D eigenvalue weighted by molar-refractivity contribution is 0.182. The Morgan fingerprint density at radius 2 is 1.47 bits per heavy atom. The average molecular weight is 214 g/mol. The van der Waals surface area contributed by atoms with Gasteiger partial charge in [-0.1, -0.05) is 46.8 Å². The van der Waals surface area contributed by atoms with E-state index in [1.807, 2.05) is 6.92 Å². The molecule has 1 nitrogen and oxygen atoms in total. The molecule has 0 fully saturated rings. The van der Waals surface area contributed by atoms with Gasteiger partial charge in [-0.25, -0.2) is 0 Å². The maximum atomic E-state index is 8.94. The molecule has 0 saturated heterocycles. The van der Waals surface area contributed by atoms with E-state index in [4.69, 9.17) is 5.11 Å². The molecule has 15 heavy (non-hydrogen) atoms. The Labute approximate surface area is 96.6 Å². The lowest BCUT2D eigenvalue weighted by Crippen LogP contribution is -1.97. The molecule has 1 N–H and O–H groups in total. The first-order chi connectivity index (χ1) is 6.86. The van der Waals surface area contributed by atoms with Crippen molar-refractivity contribution in [2.75, 3.05) is 0 Å². The Hall–Kier alpha value is -0.300. The normalized spacial score (nSPS) is 13.1. The lowest BCUT2D eigenvalue weighted by atomic mass is 10.1. The minimum atomic E-state index is -0.137. The Balaban J connectivity index is 0. The van der Waals surface area contributed by atoms with Gasteiger partial charge in [-0.15, -0.1) is 0 Å². The van der Waals surface area contributed by atoms with E-state index in [0.717, 1.165) is 25.2 Å². The maximum absolute atomic E-state index is 8.94. The minimum absolute atomic E-state index is 0.137. The fraction of sp³-hybridized carbons (Fsp3) is 0.857. The van der Waals surface area contributed by atoms with Crippen molar-refractivity contribution in [1.82, 2.24) is 0 Å². The highest BCUT2D eigenvalue weighted by atomic mass is 16.3. The third kappa shape index (κ3) is 31.6. The molecule has 0 aromatic heterocycles. The molecule has 0 rings (SSSR count). The van der Waals surface area contributed by atoms with E-state index >= 15 is 0 Å². The predicted molar refractivity (Wildman–Crippen MR) is 70.0 cm³/mol. The van der Waals surface area contributed by atoms with Crippen molar-refractivity contribution in [2.45, 2.75) is 66.9 Å². The van der Waals surface area contributed by atoms with Crippen molar-refractivity contribution in [3.05, 3.63) is 12.2 Å². The number of rotatable bonds is 5. The highest BCUT2D eigenvalue weighted by Crippen LogP contribution is 2.02. The third-order valence-corrected chi connectivity index (χ3v) is 1.51. The van der Waals surface area contributed by atoms with Crippen LogP contribution in [0, 0.1) is 11.8 Å². The van der Waals surface area contributed by atoms with Gasteiger partial charge in [-0.3, -0.25) is 0 Å². The van der Waals surface area contributed by atoms with Gasteiger partial charge < -0.3 is 5.11 Å². The van der Waals surface area contributed by atoms with Crippen LogP contribution in [0.2, 0.25) is 0 Å². The zero-order valence-corrected chi connectivity index (χ0v) is 11.5. The molecule has 0 aromatic carbocycles. The van der Waals surface area contributed by atoms with Gasteiger partial charge >= 0.3 is 0 Å².